The van der Waals surface area contributed by atoms with Crippen molar-refractivity contribution in [3.8, 4) is 11.3 Å². The highest BCUT2D eigenvalue weighted by Crippen LogP contribution is 2.23. The minimum absolute atomic E-state index is 0.261. The Balaban J connectivity index is 1.83. The molecule has 0 amide bonds. The molecule has 0 radical (unpaired) electrons. The van der Waals surface area contributed by atoms with Gasteiger partial charge in [-0.3, -0.25) is 0 Å². The van der Waals surface area contributed by atoms with Crippen LogP contribution in [0.5, 0.6) is 0 Å². The lowest BCUT2D eigenvalue weighted by atomic mass is 10.1. The van der Waals surface area contributed by atoms with E-state index < -0.39 is 0 Å². The van der Waals surface area contributed by atoms with Gasteiger partial charge in [0.15, 0.2) is 0 Å². The van der Waals surface area contributed by atoms with Crippen LogP contribution in [0.25, 0.3) is 11.3 Å². The Morgan fingerprint density at radius 1 is 1.14 bits per heavy atom. The van der Waals surface area contributed by atoms with E-state index in [-0.39, 0.29) is 5.95 Å². The second-order valence-corrected chi connectivity index (χ2v) is 5.47. The largest absolute Gasteiger partial charge is 0.381 e. The van der Waals surface area contributed by atoms with Crippen molar-refractivity contribution >= 4 is 23.4 Å². The van der Waals surface area contributed by atoms with E-state index in [1.54, 1.807) is 0 Å². The average Bonchev–Trinajstić information content (AvgIpc) is 2.48. The van der Waals surface area contributed by atoms with Gasteiger partial charge < -0.3 is 15.8 Å². The second kappa shape index (κ2) is 6.28. The molecule has 110 valence electrons. The molecule has 1 saturated heterocycles. The number of aromatic nitrogens is 2. The van der Waals surface area contributed by atoms with Crippen molar-refractivity contribution in [3.63, 3.8) is 0 Å². The molecule has 0 aliphatic carbocycles. The molecule has 3 rings (SSSR count). The molecule has 0 atom stereocenters. The predicted octanol–water partition coefficient (Wildman–Crippen LogP) is 2.97. The van der Waals surface area contributed by atoms with Crippen LogP contribution in [0.4, 0.5) is 11.8 Å². The molecule has 1 aliphatic rings. The first-order valence-corrected chi connectivity index (χ1v) is 7.33. The zero-order valence-electron chi connectivity index (χ0n) is 11.6. The number of rotatable bonds is 3. The van der Waals surface area contributed by atoms with Crippen molar-refractivity contribution in [1.29, 1.82) is 0 Å². The first kappa shape index (κ1) is 14.1. The molecule has 0 saturated carbocycles. The molecule has 0 spiro atoms. The minimum Gasteiger partial charge on any atom is -0.381 e. The van der Waals surface area contributed by atoms with Gasteiger partial charge in [0.05, 0.1) is 5.69 Å². The summed E-state index contributed by atoms with van der Waals surface area (Å²) in [6, 6.07) is 9.78. The fourth-order valence-electron chi connectivity index (χ4n) is 2.36. The van der Waals surface area contributed by atoms with Gasteiger partial charge >= 0.3 is 0 Å². The highest BCUT2D eigenvalue weighted by Gasteiger charge is 2.15. The fourth-order valence-corrected chi connectivity index (χ4v) is 2.49. The van der Waals surface area contributed by atoms with Gasteiger partial charge in [0, 0.05) is 35.9 Å². The smallest absolute Gasteiger partial charge is 0.222 e. The lowest BCUT2D eigenvalue weighted by Gasteiger charge is -2.23. The number of hydrogen-bond donors (Lipinski definition) is 2. The zero-order valence-corrected chi connectivity index (χ0v) is 12.3. The molecule has 2 aromatic rings. The van der Waals surface area contributed by atoms with Crippen LogP contribution in [0, 0.1) is 0 Å². The Hall–Kier alpha value is -1.85. The van der Waals surface area contributed by atoms with Crippen LogP contribution >= 0.6 is 11.6 Å². The summed E-state index contributed by atoms with van der Waals surface area (Å²) in [4.78, 5) is 8.55. The Morgan fingerprint density at radius 3 is 2.57 bits per heavy atom. The molecule has 1 fully saturated rings. The first-order valence-electron chi connectivity index (χ1n) is 6.95. The van der Waals surface area contributed by atoms with E-state index in [0.29, 0.717) is 11.1 Å². The Kier molecular flexibility index (Phi) is 4.22. The molecule has 0 bridgehead atoms. The van der Waals surface area contributed by atoms with Crippen LogP contribution in [-0.2, 0) is 4.74 Å². The van der Waals surface area contributed by atoms with Crippen LogP contribution in [0.3, 0.4) is 0 Å². The van der Waals surface area contributed by atoms with E-state index in [0.717, 1.165) is 43.1 Å². The van der Waals surface area contributed by atoms with Crippen LogP contribution in [0.2, 0.25) is 5.02 Å². The van der Waals surface area contributed by atoms with Gasteiger partial charge in [-0.15, -0.1) is 0 Å². The molecule has 2 heterocycles. The van der Waals surface area contributed by atoms with Crippen molar-refractivity contribution in [1.82, 2.24) is 9.97 Å². The number of halogens is 1. The number of benzene rings is 1. The summed E-state index contributed by atoms with van der Waals surface area (Å²) < 4.78 is 5.36. The molecule has 0 unspecified atom stereocenters. The maximum absolute atomic E-state index is 5.91. The van der Waals surface area contributed by atoms with Crippen LogP contribution in [0.15, 0.2) is 30.3 Å². The second-order valence-electron chi connectivity index (χ2n) is 5.03. The molecule has 5 nitrogen and oxygen atoms in total. The molecule has 1 aliphatic heterocycles. The summed E-state index contributed by atoms with van der Waals surface area (Å²) in [5.41, 5.74) is 7.57. The molecule has 3 N–H and O–H groups in total. The minimum atomic E-state index is 0.261. The molecule has 1 aromatic heterocycles. The van der Waals surface area contributed by atoms with Gasteiger partial charge in [-0.05, 0) is 25.0 Å². The Bertz CT molecular complexity index is 612. The normalized spacial score (nSPS) is 15.9. The molecule has 21 heavy (non-hydrogen) atoms. The van der Waals surface area contributed by atoms with E-state index in [1.807, 2.05) is 30.3 Å². The van der Waals surface area contributed by atoms with Crippen molar-refractivity contribution in [3.05, 3.63) is 35.4 Å². The summed E-state index contributed by atoms with van der Waals surface area (Å²) in [7, 11) is 0. The monoisotopic (exact) mass is 304 g/mol. The van der Waals surface area contributed by atoms with Crippen LogP contribution in [-0.4, -0.2) is 29.2 Å². The number of hydrogen-bond acceptors (Lipinski definition) is 5. The fraction of sp³-hybridized carbons (Fsp3) is 0.333. The molecule has 6 heteroatoms. The third kappa shape index (κ3) is 3.62. The van der Waals surface area contributed by atoms with Gasteiger partial charge in [0.2, 0.25) is 5.95 Å². The third-order valence-corrected chi connectivity index (χ3v) is 3.71. The average molecular weight is 305 g/mol. The predicted molar refractivity (Wildman–Crippen MR) is 84.4 cm³/mol. The van der Waals surface area contributed by atoms with E-state index in [9.17, 15) is 0 Å². The maximum atomic E-state index is 5.91. The molecular formula is C15H17ClN4O. The maximum Gasteiger partial charge on any atom is 0.222 e. The SMILES string of the molecule is Nc1nc(NC2CCOCC2)cc(-c2ccc(Cl)cc2)n1. The topological polar surface area (TPSA) is 73.1 Å². The van der Waals surface area contributed by atoms with Crippen molar-refractivity contribution in [2.24, 2.45) is 0 Å². The van der Waals surface area contributed by atoms with Crippen LogP contribution in [0.1, 0.15) is 12.8 Å². The van der Waals surface area contributed by atoms with E-state index >= 15 is 0 Å². The summed E-state index contributed by atoms with van der Waals surface area (Å²) in [5.74, 6) is 1.01. The van der Waals surface area contributed by atoms with Gasteiger partial charge in [0.25, 0.3) is 0 Å². The Labute approximate surface area is 128 Å². The first-order chi connectivity index (χ1) is 10.2. The third-order valence-electron chi connectivity index (χ3n) is 3.46. The lowest BCUT2D eigenvalue weighted by molar-refractivity contribution is 0.0904. The summed E-state index contributed by atoms with van der Waals surface area (Å²) in [6.45, 7) is 1.56. The van der Waals surface area contributed by atoms with E-state index in [1.165, 1.54) is 0 Å². The van der Waals surface area contributed by atoms with Crippen molar-refractivity contribution in [2.75, 3.05) is 24.3 Å². The number of nitrogen functional groups attached to an aromatic ring is 1. The number of ether oxygens (including phenoxy) is 1. The number of nitrogens with zero attached hydrogens (tertiary/aromatic N) is 2. The highest BCUT2D eigenvalue weighted by atomic mass is 35.5. The van der Waals surface area contributed by atoms with Gasteiger partial charge in [0.1, 0.15) is 5.82 Å². The lowest BCUT2D eigenvalue weighted by Crippen LogP contribution is -2.28. The van der Waals surface area contributed by atoms with Crippen molar-refractivity contribution in [2.45, 2.75) is 18.9 Å². The van der Waals surface area contributed by atoms with Gasteiger partial charge in [-0.2, -0.15) is 4.98 Å². The van der Waals surface area contributed by atoms with E-state index in [4.69, 9.17) is 22.1 Å². The van der Waals surface area contributed by atoms with Crippen molar-refractivity contribution < 1.29 is 4.74 Å². The number of nitrogens with one attached hydrogen (secondary N) is 1. The summed E-state index contributed by atoms with van der Waals surface area (Å²) in [5, 5.41) is 4.10. The quantitative estimate of drug-likeness (QED) is 0.912. The summed E-state index contributed by atoms with van der Waals surface area (Å²) >= 11 is 5.91. The number of anilines is 2. The van der Waals surface area contributed by atoms with Gasteiger partial charge in [-0.25, -0.2) is 4.98 Å². The van der Waals surface area contributed by atoms with Gasteiger partial charge in [-0.1, -0.05) is 23.7 Å². The molecular weight excluding hydrogens is 288 g/mol. The standard InChI is InChI=1S/C15H17ClN4O/c16-11-3-1-10(2-4-11)13-9-14(20-15(17)19-13)18-12-5-7-21-8-6-12/h1-4,9,12H,5-8H2,(H3,17,18,19,20). The Morgan fingerprint density at radius 2 is 1.86 bits per heavy atom. The van der Waals surface area contributed by atoms with Crippen LogP contribution < -0.4 is 11.1 Å². The van der Waals surface area contributed by atoms with E-state index in [2.05, 4.69) is 15.3 Å². The zero-order chi connectivity index (χ0) is 14.7. The highest BCUT2D eigenvalue weighted by molar-refractivity contribution is 6.30. The molecule has 1 aromatic carbocycles. The number of nitrogens with two attached hydrogens (primary N) is 1. The summed E-state index contributed by atoms with van der Waals surface area (Å²) in [6.07, 6.45) is 1.94.